The molecule has 31 heavy (non-hydrogen) atoms. The first-order valence-corrected chi connectivity index (χ1v) is 11.0. The van der Waals surface area contributed by atoms with Crippen LogP contribution in [0.5, 0.6) is 5.75 Å². The Kier molecular flexibility index (Phi) is 6.67. The van der Waals surface area contributed by atoms with Gasteiger partial charge in [-0.25, -0.2) is 4.68 Å². The van der Waals surface area contributed by atoms with Crippen LogP contribution in [0.25, 0.3) is 16.9 Å². The van der Waals surface area contributed by atoms with Crippen molar-refractivity contribution < 1.29 is 9.53 Å². The van der Waals surface area contributed by atoms with Gasteiger partial charge >= 0.3 is 0 Å². The maximum atomic E-state index is 11.8. The van der Waals surface area contributed by atoms with E-state index in [2.05, 4.69) is 40.7 Å². The summed E-state index contributed by atoms with van der Waals surface area (Å²) in [6, 6.07) is 18.4. The molecule has 162 valence electrons. The van der Waals surface area contributed by atoms with Crippen LogP contribution in [-0.4, -0.2) is 46.8 Å². The molecule has 1 unspecified atom stereocenters. The van der Waals surface area contributed by atoms with Gasteiger partial charge in [-0.2, -0.15) is 5.10 Å². The van der Waals surface area contributed by atoms with E-state index >= 15 is 0 Å². The average molecular weight is 419 g/mol. The number of methoxy groups -OCH3 is 1. The van der Waals surface area contributed by atoms with E-state index in [-0.39, 0.29) is 11.9 Å². The van der Waals surface area contributed by atoms with E-state index < -0.39 is 0 Å². The Hall–Kier alpha value is -3.12. The van der Waals surface area contributed by atoms with Gasteiger partial charge in [0.05, 0.1) is 18.5 Å². The monoisotopic (exact) mass is 418 g/mol. The van der Waals surface area contributed by atoms with Crippen LogP contribution < -0.4 is 10.1 Å². The van der Waals surface area contributed by atoms with Crippen molar-refractivity contribution in [1.82, 2.24) is 20.0 Å². The second kappa shape index (κ2) is 9.79. The summed E-state index contributed by atoms with van der Waals surface area (Å²) >= 11 is 0. The number of rotatable bonds is 7. The second-order valence-corrected chi connectivity index (χ2v) is 8.01. The van der Waals surface area contributed by atoms with Crippen molar-refractivity contribution in [3.8, 4) is 22.7 Å². The summed E-state index contributed by atoms with van der Waals surface area (Å²) < 4.78 is 7.27. The summed E-state index contributed by atoms with van der Waals surface area (Å²) in [7, 11) is 1.68. The molecule has 1 saturated heterocycles. The van der Waals surface area contributed by atoms with Crippen LogP contribution in [-0.2, 0) is 11.3 Å². The van der Waals surface area contributed by atoms with E-state index in [4.69, 9.17) is 9.84 Å². The number of benzene rings is 2. The highest BCUT2D eigenvalue weighted by molar-refractivity contribution is 5.75. The van der Waals surface area contributed by atoms with E-state index in [1.165, 1.54) is 5.56 Å². The van der Waals surface area contributed by atoms with E-state index in [9.17, 15) is 4.79 Å². The Morgan fingerprint density at radius 3 is 2.65 bits per heavy atom. The van der Waals surface area contributed by atoms with Gasteiger partial charge in [0, 0.05) is 42.9 Å². The topological polar surface area (TPSA) is 59.4 Å². The molecule has 1 atom stereocenters. The quantitative estimate of drug-likeness (QED) is 0.629. The van der Waals surface area contributed by atoms with Crippen LogP contribution in [0.4, 0.5) is 0 Å². The molecule has 1 aliphatic rings. The Labute approximate surface area is 183 Å². The van der Waals surface area contributed by atoms with E-state index in [1.807, 2.05) is 41.9 Å². The highest BCUT2D eigenvalue weighted by atomic mass is 16.5. The number of piperidine rings is 1. The number of carbonyl (C=O) groups is 1. The highest BCUT2D eigenvalue weighted by Gasteiger charge is 2.23. The lowest BCUT2D eigenvalue weighted by Gasteiger charge is -2.33. The molecule has 1 aromatic heterocycles. The molecule has 1 amide bonds. The van der Waals surface area contributed by atoms with Crippen molar-refractivity contribution in [1.29, 1.82) is 0 Å². The van der Waals surface area contributed by atoms with Gasteiger partial charge in [-0.3, -0.25) is 9.69 Å². The number of ether oxygens (including phenoxy) is 1. The summed E-state index contributed by atoms with van der Waals surface area (Å²) in [5.41, 5.74) is 4.26. The highest BCUT2D eigenvalue weighted by Crippen LogP contribution is 2.27. The van der Waals surface area contributed by atoms with Gasteiger partial charge < -0.3 is 10.1 Å². The first-order chi connectivity index (χ1) is 15.2. The molecule has 1 N–H and O–H groups in total. The SMILES string of the molecule is CCC(=O)NC1CCCN(Cc2cn(-c3ccccc3)nc2-c2ccc(OC)cc2)C1. The zero-order valence-corrected chi connectivity index (χ0v) is 18.3. The number of amides is 1. The molecule has 1 fully saturated rings. The van der Waals surface area contributed by atoms with Gasteiger partial charge in [-0.1, -0.05) is 25.1 Å². The molecule has 0 saturated carbocycles. The predicted molar refractivity (Wildman–Crippen MR) is 122 cm³/mol. The molecule has 0 bridgehead atoms. The zero-order valence-electron chi connectivity index (χ0n) is 18.3. The molecular weight excluding hydrogens is 388 g/mol. The second-order valence-electron chi connectivity index (χ2n) is 8.01. The number of likely N-dealkylation sites (tertiary alicyclic amines) is 1. The number of carbonyl (C=O) groups excluding carboxylic acids is 1. The van der Waals surface area contributed by atoms with Gasteiger partial charge in [0.1, 0.15) is 5.75 Å². The fourth-order valence-electron chi connectivity index (χ4n) is 4.12. The van der Waals surface area contributed by atoms with Crippen molar-refractivity contribution in [2.24, 2.45) is 0 Å². The molecule has 0 spiro atoms. The number of hydrogen-bond donors (Lipinski definition) is 1. The molecule has 3 aromatic rings. The van der Waals surface area contributed by atoms with Crippen molar-refractivity contribution >= 4 is 5.91 Å². The summed E-state index contributed by atoms with van der Waals surface area (Å²) in [5, 5.41) is 8.09. The average Bonchev–Trinajstić information content (AvgIpc) is 3.23. The van der Waals surface area contributed by atoms with Crippen LogP contribution in [0.3, 0.4) is 0 Å². The number of nitrogens with zero attached hydrogens (tertiary/aromatic N) is 3. The number of hydrogen-bond acceptors (Lipinski definition) is 4. The Morgan fingerprint density at radius 2 is 1.94 bits per heavy atom. The Morgan fingerprint density at radius 1 is 1.16 bits per heavy atom. The number of para-hydroxylation sites is 1. The van der Waals surface area contributed by atoms with Gasteiger partial charge in [0.25, 0.3) is 0 Å². The minimum absolute atomic E-state index is 0.127. The fourth-order valence-corrected chi connectivity index (χ4v) is 4.12. The summed E-state index contributed by atoms with van der Waals surface area (Å²) in [4.78, 5) is 14.3. The molecular formula is C25H30N4O2. The van der Waals surface area contributed by atoms with Crippen LogP contribution in [0.2, 0.25) is 0 Å². The van der Waals surface area contributed by atoms with Crippen LogP contribution in [0.1, 0.15) is 31.7 Å². The van der Waals surface area contributed by atoms with Crippen LogP contribution >= 0.6 is 0 Å². The predicted octanol–water partition coefficient (Wildman–Crippen LogP) is 4.04. The molecule has 2 aromatic carbocycles. The fraction of sp³-hybridized carbons (Fsp3) is 0.360. The van der Waals surface area contributed by atoms with E-state index in [0.717, 1.165) is 55.2 Å². The minimum atomic E-state index is 0.127. The smallest absolute Gasteiger partial charge is 0.219 e. The summed E-state index contributed by atoms with van der Waals surface area (Å²) in [6.07, 6.45) is 4.78. The normalized spacial score (nSPS) is 16.8. The molecule has 4 rings (SSSR count). The molecule has 0 aliphatic carbocycles. The maximum Gasteiger partial charge on any atom is 0.219 e. The molecule has 0 radical (unpaired) electrons. The first-order valence-electron chi connectivity index (χ1n) is 11.0. The molecule has 6 nitrogen and oxygen atoms in total. The first kappa shape index (κ1) is 21.1. The van der Waals surface area contributed by atoms with Crippen molar-refractivity contribution in [3.05, 3.63) is 66.4 Å². The lowest BCUT2D eigenvalue weighted by molar-refractivity contribution is -0.121. The zero-order chi connectivity index (χ0) is 21.6. The third-order valence-corrected chi connectivity index (χ3v) is 5.76. The Balaban J connectivity index is 1.60. The van der Waals surface area contributed by atoms with Crippen molar-refractivity contribution in [3.63, 3.8) is 0 Å². The van der Waals surface area contributed by atoms with E-state index in [0.29, 0.717) is 6.42 Å². The minimum Gasteiger partial charge on any atom is -0.497 e. The number of nitrogens with one attached hydrogen (secondary N) is 1. The molecule has 1 aliphatic heterocycles. The number of aromatic nitrogens is 2. The van der Waals surface area contributed by atoms with Crippen LogP contribution in [0.15, 0.2) is 60.8 Å². The summed E-state index contributed by atoms with van der Waals surface area (Å²) in [5.74, 6) is 0.959. The van der Waals surface area contributed by atoms with Gasteiger partial charge in [-0.05, 0) is 55.8 Å². The third-order valence-electron chi connectivity index (χ3n) is 5.76. The molecule has 6 heteroatoms. The third kappa shape index (κ3) is 5.14. The van der Waals surface area contributed by atoms with E-state index in [1.54, 1.807) is 7.11 Å². The van der Waals surface area contributed by atoms with Crippen molar-refractivity contribution in [2.45, 2.75) is 38.8 Å². The van der Waals surface area contributed by atoms with Gasteiger partial charge in [0.2, 0.25) is 5.91 Å². The summed E-state index contributed by atoms with van der Waals surface area (Å²) in [6.45, 7) is 4.59. The lowest BCUT2D eigenvalue weighted by atomic mass is 10.0. The van der Waals surface area contributed by atoms with Gasteiger partial charge in [-0.15, -0.1) is 0 Å². The lowest BCUT2D eigenvalue weighted by Crippen LogP contribution is -2.47. The van der Waals surface area contributed by atoms with Crippen LogP contribution in [0, 0.1) is 0 Å². The maximum absolute atomic E-state index is 11.8. The van der Waals surface area contributed by atoms with Gasteiger partial charge in [0.15, 0.2) is 0 Å². The largest absolute Gasteiger partial charge is 0.497 e. The molecule has 2 heterocycles. The standard InChI is InChI=1S/C25H30N4O2/c1-3-24(30)26-21-8-7-15-28(18-21)16-20-17-29(22-9-5-4-6-10-22)27-25(20)19-11-13-23(31-2)14-12-19/h4-6,9-14,17,21H,3,7-8,15-16,18H2,1-2H3,(H,26,30). The Bertz CT molecular complexity index is 998. The van der Waals surface area contributed by atoms with Crippen molar-refractivity contribution in [2.75, 3.05) is 20.2 Å².